The van der Waals surface area contributed by atoms with E-state index in [0.717, 1.165) is 42.9 Å². The lowest BCUT2D eigenvalue weighted by atomic mass is 9.97. The number of nitrogens with zero attached hydrogens (tertiary/aromatic N) is 2. The number of piperidine rings is 1. The van der Waals surface area contributed by atoms with E-state index < -0.39 is 0 Å². The van der Waals surface area contributed by atoms with Crippen molar-refractivity contribution in [3.63, 3.8) is 0 Å². The van der Waals surface area contributed by atoms with Crippen molar-refractivity contribution in [1.82, 2.24) is 15.1 Å². The highest BCUT2D eigenvalue weighted by atomic mass is 16.5. The van der Waals surface area contributed by atoms with Gasteiger partial charge in [0.05, 0.1) is 32.3 Å². The van der Waals surface area contributed by atoms with Crippen LogP contribution < -0.4 is 15.4 Å². The Bertz CT molecular complexity index is 932. The van der Waals surface area contributed by atoms with E-state index in [-0.39, 0.29) is 23.9 Å². The fourth-order valence-corrected chi connectivity index (χ4v) is 4.61. The van der Waals surface area contributed by atoms with Crippen LogP contribution in [0.1, 0.15) is 24.4 Å². The number of para-hydroxylation sites is 1. The molecule has 0 aliphatic carbocycles. The second-order valence-corrected chi connectivity index (χ2v) is 8.76. The molecule has 2 N–H and O–H groups in total. The molecule has 0 saturated carbocycles. The molecule has 34 heavy (non-hydrogen) atoms. The maximum Gasteiger partial charge on any atom is 0.321 e. The van der Waals surface area contributed by atoms with Gasteiger partial charge in [-0.25, -0.2) is 4.79 Å². The van der Waals surface area contributed by atoms with Crippen molar-refractivity contribution in [3.05, 3.63) is 60.2 Å². The predicted octanol–water partition coefficient (Wildman–Crippen LogP) is 3.13. The Balaban J connectivity index is 1.36. The highest BCUT2D eigenvalue weighted by molar-refractivity contribution is 5.90. The lowest BCUT2D eigenvalue weighted by Gasteiger charge is -2.36. The van der Waals surface area contributed by atoms with Crippen molar-refractivity contribution in [2.24, 2.45) is 5.92 Å². The molecule has 8 heteroatoms. The summed E-state index contributed by atoms with van der Waals surface area (Å²) in [4.78, 5) is 29.9. The second-order valence-electron chi connectivity index (χ2n) is 8.76. The van der Waals surface area contributed by atoms with E-state index in [1.165, 1.54) is 0 Å². The van der Waals surface area contributed by atoms with Gasteiger partial charge in [0.2, 0.25) is 5.91 Å². The molecule has 2 fully saturated rings. The summed E-state index contributed by atoms with van der Waals surface area (Å²) in [6.07, 6.45) is 1.59. The lowest BCUT2D eigenvalue weighted by molar-refractivity contribution is -0.126. The van der Waals surface area contributed by atoms with Crippen molar-refractivity contribution >= 4 is 17.6 Å². The molecule has 2 heterocycles. The highest BCUT2D eigenvalue weighted by Crippen LogP contribution is 2.24. The van der Waals surface area contributed by atoms with Gasteiger partial charge in [0, 0.05) is 38.4 Å². The van der Waals surface area contributed by atoms with Gasteiger partial charge in [-0.2, -0.15) is 0 Å². The average molecular weight is 467 g/mol. The number of methoxy groups -OCH3 is 1. The largest absolute Gasteiger partial charge is 0.497 e. The Morgan fingerprint density at radius 3 is 2.50 bits per heavy atom. The molecule has 2 aliphatic heterocycles. The topological polar surface area (TPSA) is 83.1 Å². The number of carbonyl (C=O) groups excluding carboxylic acids is 2. The number of amides is 3. The maximum absolute atomic E-state index is 13.1. The van der Waals surface area contributed by atoms with Gasteiger partial charge in [-0.15, -0.1) is 0 Å². The van der Waals surface area contributed by atoms with E-state index >= 15 is 0 Å². The molecule has 0 unspecified atom stereocenters. The van der Waals surface area contributed by atoms with Crippen molar-refractivity contribution < 1.29 is 19.1 Å². The fraction of sp³-hybridized carbons (Fsp3) is 0.462. The number of urea groups is 1. The van der Waals surface area contributed by atoms with Crippen LogP contribution in [0.2, 0.25) is 0 Å². The summed E-state index contributed by atoms with van der Waals surface area (Å²) in [6, 6.07) is 17.3. The van der Waals surface area contributed by atoms with Crippen LogP contribution in [-0.2, 0) is 9.53 Å². The predicted molar refractivity (Wildman–Crippen MR) is 131 cm³/mol. The number of benzene rings is 2. The van der Waals surface area contributed by atoms with Gasteiger partial charge in [0.1, 0.15) is 5.75 Å². The van der Waals surface area contributed by atoms with Crippen LogP contribution in [0.3, 0.4) is 0 Å². The Morgan fingerprint density at radius 2 is 1.79 bits per heavy atom. The number of morpholine rings is 1. The monoisotopic (exact) mass is 466 g/mol. The zero-order valence-corrected chi connectivity index (χ0v) is 19.7. The molecule has 3 amide bonds. The fourth-order valence-electron chi connectivity index (χ4n) is 4.61. The molecular formula is C26H34N4O4. The molecule has 0 spiro atoms. The summed E-state index contributed by atoms with van der Waals surface area (Å²) in [6.45, 7) is 4.62. The SMILES string of the molecule is COc1ccc([C@@H](CNC(=O)[C@@H]2CCCN(C(=O)Nc3ccccc3)C2)N2CCOCC2)cc1. The third kappa shape index (κ3) is 6.27. The number of nitrogens with one attached hydrogen (secondary N) is 2. The van der Waals surface area contributed by atoms with E-state index in [2.05, 4.69) is 27.7 Å². The molecule has 4 rings (SSSR count). The minimum Gasteiger partial charge on any atom is -0.497 e. The molecule has 0 aromatic heterocycles. The van der Waals surface area contributed by atoms with Crippen LogP contribution in [0, 0.1) is 5.92 Å². The molecule has 2 atom stereocenters. The van der Waals surface area contributed by atoms with Crippen LogP contribution in [0.25, 0.3) is 0 Å². The third-order valence-electron chi connectivity index (χ3n) is 6.56. The number of carbonyl (C=O) groups is 2. The zero-order valence-electron chi connectivity index (χ0n) is 19.7. The highest BCUT2D eigenvalue weighted by Gasteiger charge is 2.30. The molecule has 2 aliphatic rings. The summed E-state index contributed by atoms with van der Waals surface area (Å²) < 4.78 is 10.8. The zero-order chi connectivity index (χ0) is 23.8. The summed E-state index contributed by atoms with van der Waals surface area (Å²) in [5, 5.41) is 6.10. The first-order valence-corrected chi connectivity index (χ1v) is 12.0. The minimum atomic E-state index is -0.212. The summed E-state index contributed by atoms with van der Waals surface area (Å²) in [7, 11) is 1.66. The summed E-state index contributed by atoms with van der Waals surface area (Å²) >= 11 is 0. The quantitative estimate of drug-likeness (QED) is 0.655. The van der Waals surface area contributed by atoms with Crippen LogP contribution in [0.15, 0.2) is 54.6 Å². The second kappa shape index (κ2) is 11.9. The van der Waals surface area contributed by atoms with Gasteiger partial charge in [0.25, 0.3) is 0 Å². The number of likely N-dealkylation sites (tertiary alicyclic amines) is 1. The van der Waals surface area contributed by atoms with E-state index in [9.17, 15) is 9.59 Å². The Labute approximate surface area is 201 Å². The summed E-state index contributed by atoms with van der Waals surface area (Å²) in [5.41, 5.74) is 1.89. The molecule has 2 aromatic carbocycles. The smallest absolute Gasteiger partial charge is 0.321 e. The van der Waals surface area contributed by atoms with Crippen LogP contribution in [-0.4, -0.2) is 74.8 Å². The Kier molecular flexibility index (Phi) is 8.38. The molecular weight excluding hydrogens is 432 g/mol. The average Bonchev–Trinajstić information content (AvgIpc) is 2.90. The van der Waals surface area contributed by atoms with Crippen LogP contribution >= 0.6 is 0 Å². The van der Waals surface area contributed by atoms with E-state index in [1.807, 2.05) is 42.5 Å². The standard InChI is InChI=1S/C26H34N4O4/c1-33-23-11-9-20(10-12-23)24(29-14-16-34-17-15-29)18-27-25(31)21-6-5-13-30(19-21)26(32)28-22-7-3-2-4-8-22/h2-4,7-12,21,24H,5-6,13-19H2,1H3,(H,27,31)(H,28,32)/t21-,24-/m1/s1. The Hall–Kier alpha value is -3.10. The van der Waals surface area contributed by atoms with Crippen molar-refractivity contribution in [2.75, 3.05) is 58.4 Å². The van der Waals surface area contributed by atoms with Crippen molar-refractivity contribution in [2.45, 2.75) is 18.9 Å². The molecule has 0 radical (unpaired) electrons. The van der Waals surface area contributed by atoms with E-state index in [0.29, 0.717) is 32.8 Å². The van der Waals surface area contributed by atoms with E-state index in [4.69, 9.17) is 9.47 Å². The lowest BCUT2D eigenvalue weighted by Crippen LogP contribution is -2.49. The van der Waals surface area contributed by atoms with Gasteiger partial charge < -0.3 is 25.0 Å². The number of hydrogen-bond donors (Lipinski definition) is 2. The molecule has 0 bridgehead atoms. The van der Waals surface area contributed by atoms with Crippen molar-refractivity contribution in [3.8, 4) is 5.75 Å². The normalized spacial score (nSPS) is 19.8. The van der Waals surface area contributed by atoms with Gasteiger partial charge >= 0.3 is 6.03 Å². The number of ether oxygens (including phenoxy) is 2. The van der Waals surface area contributed by atoms with Gasteiger partial charge in [-0.1, -0.05) is 30.3 Å². The first kappa shape index (κ1) is 24.0. The van der Waals surface area contributed by atoms with Crippen LogP contribution in [0.5, 0.6) is 5.75 Å². The number of anilines is 1. The summed E-state index contributed by atoms with van der Waals surface area (Å²) in [5.74, 6) is 0.602. The first-order valence-electron chi connectivity index (χ1n) is 12.0. The van der Waals surface area contributed by atoms with E-state index in [1.54, 1.807) is 12.0 Å². The number of rotatable bonds is 7. The van der Waals surface area contributed by atoms with Crippen molar-refractivity contribution in [1.29, 1.82) is 0 Å². The molecule has 2 saturated heterocycles. The van der Waals surface area contributed by atoms with Crippen LogP contribution in [0.4, 0.5) is 10.5 Å². The van der Waals surface area contributed by atoms with Gasteiger partial charge in [-0.05, 0) is 42.7 Å². The minimum absolute atomic E-state index is 0.00369. The maximum atomic E-state index is 13.1. The molecule has 2 aromatic rings. The Morgan fingerprint density at radius 1 is 1.06 bits per heavy atom. The van der Waals surface area contributed by atoms with Gasteiger partial charge in [-0.3, -0.25) is 9.69 Å². The number of hydrogen-bond acceptors (Lipinski definition) is 5. The molecule has 8 nitrogen and oxygen atoms in total. The molecule has 182 valence electrons. The van der Waals surface area contributed by atoms with Gasteiger partial charge in [0.15, 0.2) is 0 Å². The first-order chi connectivity index (χ1) is 16.6. The third-order valence-corrected chi connectivity index (χ3v) is 6.56.